The van der Waals surface area contributed by atoms with Crippen LogP contribution in [0.1, 0.15) is 64.0 Å². The molecule has 2 aromatic rings. The summed E-state index contributed by atoms with van der Waals surface area (Å²) in [6.45, 7) is 2.10. The van der Waals surface area contributed by atoms with Crippen molar-refractivity contribution < 1.29 is 18.7 Å². The van der Waals surface area contributed by atoms with Crippen LogP contribution in [-0.2, 0) is 17.6 Å². The van der Waals surface area contributed by atoms with Crippen LogP contribution in [-0.4, -0.2) is 23.6 Å². The van der Waals surface area contributed by atoms with Gasteiger partial charge in [-0.15, -0.1) is 11.3 Å². The summed E-state index contributed by atoms with van der Waals surface area (Å²) in [5.74, 6) is -0.620. The highest BCUT2D eigenvalue weighted by Crippen LogP contribution is 2.37. The molecule has 150 valence electrons. The van der Waals surface area contributed by atoms with Gasteiger partial charge >= 0.3 is 11.9 Å². The molecule has 2 heterocycles. The molecule has 0 aromatic carbocycles. The zero-order valence-electron chi connectivity index (χ0n) is 15.6. The number of anilines is 1. The minimum Gasteiger partial charge on any atom is -0.462 e. The molecule has 3 N–H and O–H groups in total. The number of nitrogens with one attached hydrogen (secondary N) is 3. The van der Waals surface area contributed by atoms with Crippen LogP contribution in [0.2, 0.25) is 0 Å². The molecule has 9 heteroatoms. The van der Waals surface area contributed by atoms with Gasteiger partial charge < -0.3 is 14.5 Å². The maximum Gasteiger partial charge on any atom is 0.341 e. The Kier molecular flexibility index (Phi) is 7.05. The molecule has 2 aromatic heterocycles. The summed E-state index contributed by atoms with van der Waals surface area (Å²) in [7, 11) is 0. The summed E-state index contributed by atoms with van der Waals surface area (Å²) >= 11 is 6.80. The molecule has 1 aliphatic carbocycles. The van der Waals surface area contributed by atoms with Crippen molar-refractivity contribution in [1.29, 1.82) is 0 Å². The Morgan fingerprint density at radius 2 is 2.00 bits per heavy atom. The largest absolute Gasteiger partial charge is 0.462 e. The van der Waals surface area contributed by atoms with Crippen LogP contribution in [0.25, 0.3) is 0 Å². The average Bonchev–Trinajstić information content (AvgIpc) is 3.29. The fourth-order valence-electron chi connectivity index (χ4n) is 3.14. The number of carbonyl (C=O) groups excluding carboxylic acids is 2. The van der Waals surface area contributed by atoms with E-state index < -0.39 is 5.91 Å². The first kappa shape index (κ1) is 20.3. The Labute approximate surface area is 172 Å². The minimum absolute atomic E-state index is 0.168. The zero-order valence-corrected chi connectivity index (χ0v) is 17.3. The van der Waals surface area contributed by atoms with Crippen molar-refractivity contribution in [3.8, 4) is 0 Å². The molecule has 7 nitrogen and oxygen atoms in total. The molecule has 0 aliphatic heterocycles. The molecule has 0 atom stereocenters. The topological polar surface area (TPSA) is 92.6 Å². The predicted molar refractivity (Wildman–Crippen MR) is 112 cm³/mol. The second-order valence-electron chi connectivity index (χ2n) is 6.35. The Hall–Kier alpha value is -2.39. The van der Waals surface area contributed by atoms with Crippen molar-refractivity contribution in [2.75, 3.05) is 11.9 Å². The summed E-state index contributed by atoms with van der Waals surface area (Å²) in [4.78, 5) is 25.7. The normalized spacial score (nSPS) is 13.6. The number of ether oxygens (including phenoxy) is 1. The quantitative estimate of drug-likeness (QED) is 0.393. The number of amides is 1. The van der Waals surface area contributed by atoms with Crippen LogP contribution in [0.4, 0.5) is 5.00 Å². The molecule has 0 saturated carbocycles. The number of fused-ring (bicyclic) bond motifs is 1. The van der Waals surface area contributed by atoms with Gasteiger partial charge in [0.2, 0.25) is 0 Å². The van der Waals surface area contributed by atoms with Gasteiger partial charge in [-0.2, -0.15) is 0 Å². The van der Waals surface area contributed by atoms with Gasteiger partial charge in [-0.1, -0.05) is 12.8 Å². The van der Waals surface area contributed by atoms with E-state index in [2.05, 4.69) is 16.2 Å². The number of carbonyl (C=O) groups is 2. The van der Waals surface area contributed by atoms with E-state index >= 15 is 0 Å². The van der Waals surface area contributed by atoms with Crippen molar-refractivity contribution >= 4 is 45.5 Å². The van der Waals surface area contributed by atoms with Crippen LogP contribution in [0.3, 0.4) is 0 Å². The Bertz CT molecular complexity index is 846. The number of rotatable bonds is 4. The lowest BCUT2D eigenvalue weighted by Gasteiger charge is -2.12. The van der Waals surface area contributed by atoms with Crippen LogP contribution >= 0.6 is 23.6 Å². The second kappa shape index (κ2) is 9.70. The number of furan rings is 1. The van der Waals surface area contributed by atoms with E-state index in [0.717, 1.165) is 31.2 Å². The van der Waals surface area contributed by atoms with E-state index in [1.807, 2.05) is 0 Å². The first-order valence-electron chi connectivity index (χ1n) is 9.32. The molecule has 0 saturated heterocycles. The fraction of sp³-hybridized carbons (Fsp3) is 0.421. The summed E-state index contributed by atoms with van der Waals surface area (Å²) in [6.07, 6.45) is 7.75. The van der Waals surface area contributed by atoms with Crippen LogP contribution in [0.15, 0.2) is 22.8 Å². The third kappa shape index (κ3) is 4.90. The summed E-state index contributed by atoms with van der Waals surface area (Å²) < 4.78 is 10.3. The third-order valence-electron chi connectivity index (χ3n) is 4.41. The standard InChI is InChI=1S/C19H23N3O4S2/c1-2-25-18(24)15-12-8-5-3-4-6-10-14(12)28-17(15)20-19(27)22-21-16(23)13-9-7-11-26-13/h7,9,11H,2-6,8,10H2,1H3,(H,21,23)(H2,20,22,27). The first-order chi connectivity index (χ1) is 13.6. The van der Waals surface area contributed by atoms with E-state index in [9.17, 15) is 9.59 Å². The van der Waals surface area contributed by atoms with Crippen molar-refractivity contribution in [2.45, 2.75) is 45.4 Å². The highest BCUT2D eigenvalue weighted by atomic mass is 32.1. The number of hydrogen-bond donors (Lipinski definition) is 3. The lowest BCUT2D eigenvalue weighted by molar-refractivity contribution is 0.0526. The first-order valence-corrected chi connectivity index (χ1v) is 10.5. The summed E-state index contributed by atoms with van der Waals surface area (Å²) in [5, 5.41) is 3.87. The van der Waals surface area contributed by atoms with Gasteiger partial charge in [-0.3, -0.25) is 15.6 Å². The molecule has 28 heavy (non-hydrogen) atoms. The second-order valence-corrected chi connectivity index (χ2v) is 7.87. The number of hydrogen-bond acceptors (Lipinski definition) is 6. The van der Waals surface area contributed by atoms with Gasteiger partial charge in [0.15, 0.2) is 10.9 Å². The van der Waals surface area contributed by atoms with Gasteiger partial charge in [-0.25, -0.2) is 4.79 Å². The molecule has 0 radical (unpaired) electrons. The Morgan fingerprint density at radius 3 is 2.71 bits per heavy atom. The maximum absolute atomic E-state index is 12.6. The van der Waals surface area contributed by atoms with Crippen molar-refractivity contribution in [2.24, 2.45) is 0 Å². The maximum atomic E-state index is 12.6. The molecule has 0 unspecified atom stereocenters. The molecule has 0 spiro atoms. The van der Waals surface area contributed by atoms with Gasteiger partial charge in [0.05, 0.1) is 18.4 Å². The smallest absolute Gasteiger partial charge is 0.341 e. The van der Waals surface area contributed by atoms with Crippen LogP contribution < -0.4 is 16.2 Å². The molecular weight excluding hydrogens is 398 g/mol. The number of esters is 1. The summed E-state index contributed by atoms with van der Waals surface area (Å²) in [6, 6.07) is 3.17. The highest BCUT2D eigenvalue weighted by Gasteiger charge is 2.25. The van der Waals surface area contributed by atoms with Crippen molar-refractivity contribution in [3.63, 3.8) is 0 Å². The lowest BCUT2D eigenvalue weighted by atomic mass is 9.96. The minimum atomic E-state index is -0.446. The van der Waals surface area contributed by atoms with E-state index in [1.54, 1.807) is 19.1 Å². The van der Waals surface area contributed by atoms with E-state index in [-0.39, 0.29) is 16.8 Å². The van der Waals surface area contributed by atoms with Gasteiger partial charge in [0.1, 0.15) is 5.00 Å². The highest BCUT2D eigenvalue weighted by molar-refractivity contribution is 7.80. The van der Waals surface area contributed by atoms with Gasteiger partial charge in [0.25, 0.3) is 0 Å². The predicted octanol–water partition coefficient (Wildman–Crippen LogP) is 3.81. The van der Waals surface area contributed by atoms with E-state index in [0.29, 0.717) is 17.2 Å². The number of thiophene rings is 1. The Morgan fingerprint density at radius 1 is 1.21 bits per heavy atom. The number of hydrazine groups is 1. The molecule has 3 rings (SSSR count). The monoisotopic (exact) mass is 421 g/mol. The zero-order chi connectivity index (χ0) is 19.9. The van der Waals surface area contributed by atoms with Gasteiger partial charge in [0, 0.05) is 4.88 Å². The summed E-state index contributed by atoms with van der Waals surface area (Å²) in [5.41, 5.74) is 6.72. The molecule has 0 bridgehead atoms. The molecular formula is C19H23N3O4S2. The SMILES string of the molecule is CCOC(=O)c1c(NC(=S)NNC(=O)c2ccco2)sc2c1CCCCCC2. The van der Waals surface area contributed by atoms with Gasteiger partial charge in [-0.05, 0) is 62.5 Å². The number of aryl methyl sites for hydroxylation is 1. The van der Waals surface area contributed by atoms with Crippen molar-refractivity contribution in [3.05, 3.63) is 40.2 Å². The average molecular weight is 422 g/mol. The third-order valence-corrected chi connectivity index (χ3v) is 5.82. The van der Waals surface area contributed by atoms with Crippen LogP contribution in [0.5, 0.6) is 0 Å². The lowest BCUT2D eigenvalue weighted by Crippen LogP contribution is -2.43. The molecule has 1 aliphatic rings. The fourth-order valence-corrected chi connectivity index (χ4v) is 4.64. The van der Waals surface area contributed by atoms with E-state index in [1.165, 1.54) is 35.3 Å². The molecule has 1 amide bonds. The van der Waals surface area contributed by atoms with Crippen molar-refractivity contribution in [1.82, 2.24) is 10.9 Å². The van der Waals surface area contributed by atoms with Crippen LogP contribution in [0, 0.1) is 0 Å². The number of thiocarbonyl (C=S) groups is 1. The van der Waals surface area contributed by atoms with E-state index in [4.69, 9.17) is 21.4 Å². The Balaban J connectivity index is 1.74. The molecule has 0 fully saturated rings.